The summed E-state index contributed by atoms with van der Waals surface area (Å²) in [5, 5.41) is 1.10. The van der Waals surface area contributed by atoms with E-state index in [0.29, 0.717) is 9.76 Å². The molecule has 57 valence electrons. The summed E-state index contributed by atoms with van der Waals surface area (Å²) < 4.78 is 15.0. The number of para-hydroxylation sites is 1. The molecule has 0 fully saturated rings. The smallest absolute Gasteiger partial charge is 0.409 e. The van der Waals surface area contributed by atoms with E-state index in [1.165, 1.54) is 0 Å². The minimum Gasteiger partial charge on any atom is -0.450 e. The lowest BCUT2D eigenvalue weighted by atomic mass is 10.4. The van der Waals surface area contributed by atoms with Crippen molar-refractivity contribution < 1.29 is 13.0 Å². The van der Waals surface area contributed by atoms with Crippen molar-refractivity contribution >= 4 is 35.4 Å². The van der Waals surface area contributed by atoms with Crippen LogP contribution in [-0.4, -0.2) is 30.3 Å². The van der Waals surface area contributed by atoms with Gasteiger partial charge in [0.25, 0.3) is 9.76 Å². The van der Waals surface area contributed by atoms with Gasteiger partial charge in [0, 0.05) is 5.19 Å². The minimum absolute atomic E-state index is 0.0303. The van der Waals surface area contributed by atoms with Crippen molar-refractivity contribution in [2.75, 3.05) is 0 Å². The predicted octanol–water partition coefficient (Wildman–Crippen LogP) is -0.312. The SMILES string of the molecule is [Si]O[Si]O[Si]c1cccc2c1O2. The van der Waals surface area contributed by atoms with Crippen LogP contribution in [-0.2, 0) is 8.23 Å². The lowest BCUT2D eigenvalue weighted by molar-refractivity contribution is 0.507. The molecular weight excluding hydrogens is 204 g/mol. The molecular formula is C6H3O3Si3. The van der Waals surface area contributed by atoms with E-state index in [0.717, 1.165) is 16.7 Å². The molecule has 1 heterocycles. The lowest BCUT2D eigenvalue weighted by Crippen LogP contribution is -2.18. The maximum absolute atomic E-state index is 5.19. The fourth-order valence-corrected chi connectivity index (χ4v) is 2.45. The monoisotopic (exact) mass is 207 g/mol. The maximum atomic E-state index is 5.19. The second kappa shape index (κ2) is 3.54. The van der Waals surface area contributed by atoms with Gasteiger partial charge < -0.3 is 13.0 Å². The van der Waals surface area contributed by atoms with Crippen LogP contribution >= 0.6 is 0 Å². The molecule has 0 spiro atoms. The largest absolute Gasteiger partial charge is 0.450 e. The second-order valence-corrected chi connectivity index (χ2v) is 4.67. The van der Waals surface area contributed by atoms with Crippen molar-refractivity contribution in [2.24, 2.45) is 0 Å². The van der Waals surface area contributed by atoms with Gasteiger partial charge in [-0.25, -0.2) is 0 Å². The zero-order valence-electron chi connectivity index (χ0n) is 5.96. The fourth-order valence-electron chi connectivity index (χ4n) is 0.866. The molecule has 3 nitrogen and oxygen atoms in total. The number of hydrogen-bond acceptors (Lipinski definition) is 3. The summed E-state index contributed by atoms with van der Waals surface area (Å²) in [6.45, 7) is 0. The highest BCUT2D eigenvalue weighted by molar-refractivity contribution is 6.55. The van der Waals surface area contributed by atoms with Crippen LogP contribution in [0.2, 0.25) is 0 Å². The van der Waals surface area contributed by atoms with Crippen LogP contribution in [0.4, 0.5) is 0 Å². The second-order valence-electron chi connectivity index (χ2n) is 2.12. The Hall–Kier alpha value is -0.409. The molecule has 0 aromatic heterocycles. The van der Waals surface area contributed by atoms with Gasteiger partial charge in [-0.2, -0.15) is 0 Å². The summed E-state index contributed by atoms with van der Waals surface area (Å²) in [5.74, 6) is 1.93. The molecule has 6 heteroatoms. The zero-order valence-corrected chi connectivity index (χ0v) is 8.96. The van der Waals surface area contributed by atoms with Gasteiger partial charge in [-0.3, -0.25) is 0 Å². The topological polar surface area (TPSA) is 31.0 Å². The summed E-state index contributed by atoms with van der Waals surface area (Å²) in [7, 11) is 3.18. The van der Waals surface area contributed by atoms with E-state index >= 15 is 0 Å². The highest BCUT2D eigenvalue weighted by atomic mass is 28.3. The highest BCUT2D eigenvalue weighted by Gasteiger charge is 2.23. The van der Waals surface area contributed by atoms with Crippen LogP contribution < -0.4 is 9.92 Å². The van der Waals surface area contributed by atoms with Crippen LogP contribution in [0.5, 0.6) is 11.5 Å². The number of benzene rings is 1. The van der Waals surface area contributed by atoms with Gasteiger partial charge >= 0.3 is 10.0 Å². The van der Waals surface area contributed by atoms with Gasteiger partial charge in [-0.15, -0.1) is 0 Å². The molecule has 2 rings (SSSR count). The summed E-state index contributed by atoms with van der Waals surface area (Å²) in [5.41, 5.74) is 0. The first-order chi connectivity index (χ1) is 5.92. The van der Waals surface area contributed by atoms with E-state index in [-0.39, 0.29) is 10.0 Å². The first-order valence-corrected chi connectivity index (χ1v) is 5.35. The van der Waals surface area contributed by atoms with Crippen LogP contribution in [0.25, 0.3) is 0 Å². The van der Waals surface area contributed by atoms with E-state index in [4.69, 9.17) is 8.85 Å². The number of ether oxygens (including phenoxy) is 1. The Kier molecular flexibility index (Phi) is 2.42. The van der Waals surface area contributed by atoms with Crippen molar-refractivity contribution in [3.63, 3.8) is 0 Å². The zero-order chi connectivity index (χ0) is 8.39. The Morgan fingerprint density at radius 3 is 3.17 bits per heavy atom. The van der Waals surface area contributed by atoms with E-state index in [9.17, 15) is 0 Å². The quantitative estimate of drug-likeness (QED) is 0.391. The summed E-state index contributed by atoms with van der Waals surface area (Å²) in [6.07, 6.45) is 0. The van der Waals surface area contributed by atoms with Crippen molar-refractivity contribution in [1.29, 1.82) is 0 Å². The van der Waals surface area contributed by atoms with Crippen molar-refractivity contribution in [2.45, 2.75) is 0 Å². The minimum atomic E-state index is 0.0303. The number of rotatable bonds is 4. The third kappa shape index (κ3) is 1.67. The van der Waals surface area contributed by atoms with Gasteiger partial charge in [0.2, 0.25) is 10.5 Å². The van der Waals surface area contributed by atoms with E-state index in [1.54, 1.807) is 0 Å². The average molecular weight is 207 g/mol. The molecule has 0 aliphatic carbocycles. The molecule has 0 saturated heterocycles. The normalized spacial score (nSPS) is 12.1. The summed E-state index contributed by atoms with van der Waals surface area (Å²) in [4.78, 5) is 0. The Balaban J connectivity index is 1.93. The molecule has 0 N–H and O–H groups in total. The van der Waals surface area contributed by atoms with Crippen molar-refractivity contribution in [1.82, 2.24) is 0 Å². The molecule has 0 atom stereocenters. The van der Waals surface area contributed by atoms with E-state index in [2.05, 4.69) is 14.6 Å². The van der Waals surface area contributed by atoms with Gasteiger partial charge in [-0.1, -0.05) is 12.1 Å². The highest BCUT2D eigenvalue weighted by Crippen LogP contribution is 2.42. The first kappa shape index (κ1) is 8.20. The van der Waals surface area contributed by atoms with Crippen LogP contribution in [0, 0.1) is 0 Å². The molecule has 1 aliphatic heterocycles. The first-order valence-electron chi connectivity index (χ1n) is 3.22. The third-order valence-corrected chi connectivity index (χ3v) is 3.08. The third-order valence-electron chi connectivity index (χ3n) is 1.39. The fraction of sp³-hybridized carbons (Fsp3) is 0. The van der Waals surface area contributed by atoms with Crippen LogP contribution in [0.15, 0.2) is 18.2 Å². The van der Waals surface area contributed by atoms with Crippen molar-refractivity contribution in [3.8, 4) is 11.5 Å². The van der Waals surface area contributed by atoms with E-state index < -0.39 is 0 Å². The van der Waals surface area contributed by atoms with Crippen LogP contribution in [0.1, 0.15) is 0 Å². The number of fused-ring (bicyclic) bond motifs is 1. The molecule has 0 unspecified atom stereocenters. The Bertz CT molecular complexity index is 291. The lowest BCUT2D eigenvalue weighted by Gasteiger charge is -1.95. The van der Waals surface area contributed by atoms with E-state index in [1.807, 2.05) is 18.2 Å². The summed E-state index contributed by atoms with van der Waals surface area (Å²) in [6, 6.07) is 5.88. The molecule has 12 heavy (non-hydrogen) atoms. The molecule has 0 amide bonds. The van der Waals surface area contributed by atoms with Crippen LogP contribution in [0.3, 0.4) is 0 Å². The Morgan fingerprint density at radius 1 is 1.42 bits per heavy atom. The van der Waals surface area contributed by atoms with Gasteiger partial charge in [0.1, 0.15) is 0 Å². The molecule has 1 aromatic carbocycles. The van der Waals surface area contributed by atoms with Crippen molar-refractivity contribution in [3.05, 3.63) is 18.2 Å². The average Bonchev–Trinajstić information content (AvgIpc) is 2.84. The van der Waals surface area contributed by atoms with Gasteiger partial charge in [0.05, 0.1) is 0 Å². The summed E-state index contributed by atoms with van der Waals surface area (Å²) >= 11 is 0. The van der Waals surface area contributed by atoms with Gasteiger partial charge in [-0.05, 0) is 6.07 Å². The Labute approximate surface area is 78.6 Å². The molecule has 0 saturated carbocycles. The van der Waals surface area contributed by atoms with Gasteiger partial charge in [0.15, 0.2) is 11.5 Å². The standard InChI is InChI=1S/C6H3O3Si3/c10-8-12-9-11-5-3-1-2-4-6(5)7-4/h1-3H. The predicted molar refractivity (Wildman–Crippen MR) is 45.6 cm³/mol. The number of hydrogen-bond donors (Lipinski definition) is 0. The molecule has 1 aliphatic rings. The Morgan fingerprint density at radius 2 is 2.33 bits per heavy atom. The maximum Gasteiger partial charge on any atom is 0.409 e. The molecule has 7 radical (unpaired) electrons. The molecule has 1 aromatic rings. The molecule has 0 bridgehead atoms.